The van der Waals surface area contributed by atoms with Gasteiger partial charge in [-0.1, -0.05) is 6.92 Å². The van der Waals surface area contributed by atoms with Gasteiger partial charge in [0.1, 0.15) is 18.1 Å². The molecule has 0 saturated heterocycles. The highest BCUT2D eigenvalue weighted by Crippen LogP contribution is 2.35. The van der Waals surface area contributed by atoms with Gasteiger partial charge in [-0.05, 0) is 30.7 Å². The van der Waals surface area contributed by atoms with Crippen LogP contribution in [0.15, 0.2) is 34.7 Å². The van der Waals surface area contributed by atoms with E-state index >= 15 is 0 Å². The lowest BCUT2D eigenvalue weighted by Crippen LogP contribution is -2.23. The summed E-state index contributed by atoms with van der Waals surface area (Å²) in [6.45, 7) is 3.09. The standard InChI is InChI=1S/C16H17NO5/c1-2-7-17-16(18)14-6-4-12(22-14)9-19-11-3-5-13-15(8-11)21-10-20-13/h3-6,8H,2,7,9-10H2,1H3,(H,17,18). The molecule has 0 spiro atoms. The molecule has 3 rings (SSSR count). The van der Waals surface area contributed by atoms with E-state index in [0.29, 0.717) is 29.6 Å². The Labute approximate surface area is 128 Å². The molecule has 1 aromatic heterocycles. The van der Waals surface area contributed by atoms with Crippen molar-refractivity contribution < 1.29 is 23.4 Å². The predicted molar refractivity (Wildman–Crippen MR) is 78.2 cm³/mol. The Morgan fingerprint density at radius 3 is 2.95 bits per heavy atom. The highest BCUT2D eigenvalue weighted by atomic mass is 16.7. The first-order valence-corrected chi connectivity index (χ1v) is 7.15. The molecular formula is C16H17NO5. The SMILES string of the molecule is CCCNC(=O)c1ccc(COc2ccc3c(c2)OCO3)o1. The second-order valence-electron chi connectivity index (χ2n) is 4.83. The third kappa shape index (κ3) is 3.16. The molecule has 1 N–H and O–H groups in total. The molecule has 6 heteroatoms. The fourth-order valence-corrected chi connectivity index (χ4v) is 2.02. The fourth-order valence-electron chi connectivity index (χ4n) is 2.02. The first-order valence-electron chi connectivity index (χ1n) is 7.15. The van der Waals surface area contributed by atoms with E-state index in [1.54, 1.807) is 30.3 Å². The lowest BCUT2D eigenvalue weighted by Gasteiger charge is -2.05. The predicted octanol–water partition coefficient (Wildman–Crippen LogP) is 2.73. The molecule has 0 saturated carbocycles. The van der Waals surface area contributed by atoms with Crippen molar-refractivity contribution in [1.82, 2.24) is 5.32 Å². The summed E-state index contributed by atoms with van der Waals surface area (Å²) in [5.74, 6) is 2.68. The van der Waals surface area contributed by atoms with Crippen LogP contribution < -0.4 is 19.5 Å². The van der Waals surface area contributed by atoms with Gasteiger partial charge in [-0.25, -0.2) is 0 Å². The van der Waals surface area contributed by atoms with Crippen LogP contribution in [-0.2, 0) is 6.61 Å². The van der Waals surface area contributed by atoms with Crippen molar-refractivity contribution in [3.63, 3.8) is 0 Å². The number of carbonyl (C=O) groups excluding carboxylic acids is 1. The van der Waals surface area contributed by atoms with Crippen molar-refractivity contribution in [2.75, 3.05) is 13.3 Å². The van der Waals surface area contributed by atoms with Gasteiger partial charge in [0.05, 0.1) is 0 Å². The van der Waals surface area contributed by atoms with Gasteiger partial charge in [-0.3, -0.25) is 4.79 Å². The van der Waals surface area contributed by atoms with E-state index in [9.17, 15) is 4.79 Å². The Morgan fingerprint density at radius 1 is 1.23 bits per heavy atom. The van der Waals surface area contributed by atoms with Crippen LogP contribution >= 0.6 is 0 Å². The first-order chi connectivity index (χ1) is 10.8. The van der Waals surface area contributed by atoms with Crippen LogP contribution in [0.1, 0.15) is 29.7 Å². The average molecular weight is 303 g/mol. The molecule has 0 radical (unpaired) electrons. The summed E-state index contributed by atoms with van der Waals surface area (Å²) in [5.41, 5.74) is 0. The summed E-state index contributed by atoms with van der Waals surface area (Å²) in [7, 11) is 0. The number of carbonyl (C=O) groups is 1. The zero-order valence-electron chi connectivity index (χ0n) is 12.3. The number of benzene rings is 1. The number of furan rings is 1. The molecule has 2 heterocycles. The molecular weight excluding hydrogens is 286 g/mol. The number of ether oxygens (including phenoxy) is 3. The van der Waals surface area contributed by atoms with Gasteiger partial charge in [0.15, 0.2) is 17.3 Å². The number of rotatable bonds is 6. The van der Waals surface area contributed by atoms with E-state index < -0.39 is 0 Å². The number of nitrogens with one attached hydrogen (secondary N) is 1. The maximum absolute atomic E-state index is 11.7. The Balaban J connectivity index is 1.58. The van der Waals surface area contributed by atoms with Crippen LogP contribution in [0.5, 0.6) is 17.2 Å². The topological polar surface area (TPSA) is 69.9 Å². The summed E-state index contributed by atoms with van der Waals surface area (Å²) in [6, 6.07) is 8.73. The molecule has 22 heavy (non-hydrogen) atoms. The first kappa shape index (κ1) is 14.3. The summed E-state index contributed by atoms with van der Waals surface area (Å²) in [6.07, 6.45) is 0.881. The lowest BCUT2D eigenvalue weighted by atomic mass is 10.3. The Hall–Kier alpha value is -2.63. The molecule has 1 amide bonds. The molecule has 0 bridgehead atoms. The molecule has 0 fully saturated rings. The minimum Gasteiger partial charge on any atom is -0.486 e. The van der Waals surface area contributed by atoms with Crippen LogP contribution in [0.25, 0.3) is 0 Å². The van der Waals surface area contributed by atoms with E-state index in [-0.39, 0.29) is 25.1 Å². The number of amides is 1. The zero-order valence-corrected chi connectivity index (χ0v) is 12.3. The molecule has 0 aliphatic carbocycles. The van der Waals surface area contributed by atoms with Crippen LogP contribution in [0.2, 0.25) is 0 Å². The lowest BCUT2D eigenvalue weighted by molar-refractivity contribution is 0.0922. The van der Waals surface area contributed by atoms with Crippen molar-refractivity contribution in [1.29, 1.82) is 0 Å². The monoisotopic (exact) mass is 303 g/mol. The van der Waals surface area contributed by atoms with Crippen LogP contribution in [0, 0.1) is 0 Å². The van der Waals surface area contributed by atoms with Crippen molar-refractivity contribution in [2.45, 2.75) is 20.0 Å². The van der Waals surface area contributed by atoms with Gasteiger partial charge >= 0.3 is 0 Å². The zero-order chi connectivity index (χ0) is 15.4. The van der Waals surface area contributed by atoms with Gasteiger partial charge in [0.2, 0.25) is 6.79 Å². The fraction of sp³-hybridized carbons (Fsp3) is 0.312. The summed E-state index contributed by atoms with van der Waals surface area (Å²) >= 11 is 0. The Morgan fingerprint density at radius 2 is 2.09 bits per heavy atom. The third-order valence-electron chi connectivity index (χ3n) is 3.15. The van der Waals surface area contributed by atoms with E-state index in [1.165, 1.54) is 0 Å². The van der Waals surface area contributed by atoms with E-state index in [1.807, 2.05) is 6.92 Å². The third-order valence-corrected chi connectivity index (χ3v) is 3.15. The normalized spacial score (nSPS) is 12.2. The Kier molecular flexibility index (Phi) is 4.18. The molecule has 0 atom stereocenters. The molecule has 116 valence electrons. The van der Waals surface area contributed by atoms with Gasteiger partial charge in [-0.2, -0.15) is 0 Å². The largest absolute Gasteiger partial charge is 0.486 e. The summed E-state index contributed by atoms with van der Waals surface area (Å²) in [4.78, 5) is 11.7. The molecule has 0 unspecified atom stereocenters. The van der Waals surface area contributed by atoms with Crippen LogP contribution in [-0.4, -0.2) is 19.2 Å². The van der Waals surface area contributed by atoms with E-state index in [2.05, 4.69) is 5.32 Å². The van der Waals surface area contributed by atoms with E-state index in [4.69, 9.17) is 18.6 Å². The quantitative estimate of drug-likeness (QED) is 0.888. The van der Waals surface area contributed by atoms with Gasteiger partial charge in [0, 0.05) is 12.6 Å². The minimum atomic E-state index is -0.212. The molecule has 1 aromatic carbocycles. The van der Waals surface area contributed by atoms with Crippen LogP contribution in [0.4, 0.5) is 0 Å². The second kappa shape index (κ2) is 6.43. The average Bonchev–Trinajstić information content (AvgIpc) is 3.18. The maximum atomic E-state index is 11.7. The van der Waals surface area contributed by atoms with Crippen molar-refractivity contribution in [3.8, 4) is 17.2 Å². The summed E-state index contributed by atoms with van der Waals surface area (Å²) in [5, 5.41) is 2.76. The molecule has 6 nitrogen and oxygen atoms in total. The molecule has 1 aliphatic rings. The van der Waals surface area contributed by atoms with E-state index in [0.717, 1.165) is 6.42 Å². The minimum absolute atomic E-state index is 0.212. The van der Waals surface area contributed by atoms with Crippen LogP contribution in [0.3, 0.4) is 0 Å². The van der Waals surface area contributed by atoms with Crippen molar-refractivity contribution in [3.05, 3.63) is 41.9 Å². The molecule has 2 aromatic rings. The van der Waals surface area contributed by atoms with Gasteiger partial charge in [0.25, 0.3) is 5.91 Å². The number of hydrogen-bond acceptors (Lipinski definition) is 5. The van der Waals surface area contributed by atoms with Crippen molar-refractivity contribution >= 4 is 5.91 Å². The second-order valence-corrected chi connectivity index (χ2v) is 4.83. The maximum Gasteiger partial charge on any atom is 0.286 e. The highest BCUT2D eigenvalue weighted by molar-refractivity contribution is 5.91. The van der Waals surface area contributed by atoms with Gasteiger partial charge in [-0.15, -0.1) is 0 Å². The van der Waals surface area contributed by atoms with Gasteiger partial charge < -0.3 is 23.9 Å². The number of fused-ring (bicyclic) bond motifs is 1. The Bertz CT molecular complexity index is 664. The molecule has 1 aliphatic heterocycles. The number of hydrogen-bond donors (Lipinski definition) is 1. The highest BCUT2D eigenvalue weighted by Gasteiger charge is 2.14. The summed E-state index contributed by atoms with van der Waals surface area (Å²) < 4.78 is 21.6. The smallest absolute Gasteiger partial charge is 0.286 e. The van der Waals surface area contributed by atoms with Crippen molar-refractivity contribution in [2.24, 2.45) is 0 Å².